The summed E-state index contributed by atoms with van der Waals surface area (Å²) in [6, 6.07) is 0. The van der Waals surface area contributed by atoms with Gasteiger partial charge in [0.25, 0.3) is 0 Å². The van der Waals surface area contributed by atoms with Gasteiger partial charge in [-0.1, -0.05) is 52.8 Å². The number of allylic oxidation sites excluding steroid dienone is 4. The van der Waals surface area contributed by atoms with Gasteiger partial charge in [0.05, 0.1) is 0 Å². The highest BCUT2D eigenvalue weighted by Crippen LogP contribution is 2.14. The maximum Gasteiger partial charge on any atom is -0.0231 e. The largest absolute Gasteiger partial charge is 0.100 e. The summed E-state index contributed by atoms with van der Waals surface area (Å²) in [5, 5.41) is 0. The second kappa shape index (κ2) is 7.36. The van der Waals surface area contributed by atoms with Gasteiger partial charge in [-0.3, -0.25) is 0 Å². The van der Waals surface area contributed by atoms with Gasteiger partial charge in [-0.25, -0.2) is 0 Å². The molecule has 0 aromatic rings. The van der Waals surface area contributed by atoms with Crippen LogP contribution in [0.5, 0.6) is 0 Å². The predicted molar refractivity (Wildman–Crippen MR) is 70.1 cm³/mol. The van der Waals surface area contributed by atoms with Crippen molar-refractivity contribution in [3.05, 3.63) is 34.0 Å². The monoisotopic (exact) mass is 290 g/mol. The normalized spacial score (nSPS) is 14.9. The van der Waals surface area contributed by atoms with Crippen LogP contribution in [-0.2, 0) is 0 Å². The third-order valence-corrected chi connectivity index (χ3v) is 2.26. The molecule has 1 atom stereocenters. The molecule has 0 saturated heterocycles. The predicted octanol–water partition coefficient (Wildman–Crippen LogP) is 4.87. The van der Waals surface area contributed by atoms with Crippen molar-refractivity contribution < 1.29 is 0 Å². The lowest BCUT2D eigenvalue weighted by Gasteiger charge is -2.06. The van der Waals surface area contributed by atoms with Crippen molar-refractivity contribution in [1.82, 2.24) is 0 Å². The average Bonchev–Trinajstić information content (AvgIpc) is 2.01. The molecular weight excluding hydrogens is 271 g/mol. The smallest absolute Gasteiger partial charge is 0.0231 e. The van der Waals surface area contributed by atoms with Crippen LogP contribution in [0.25, 0.3) is 0 Å². The fraction of sp³-hybridized carbons (Fsp3) is 0.500. The van der Waals surface area contributed by atoms with Crippen molar-refractivity contribution in [3.8, 4) is 0 Å². The van der Waals surface area contributed by atoms with Gasteiger partial charge < -0.3 is 0 Å². The Hall–Kier alpha value is -0.0500. The van der Waals surface area contributed by atoms with E-state index in [-0.39, 0.29) is 0 Å². The Balaban J connectivity index is 3.91. The highest BCUT2D eigenvalue weighted by atomic mass is 127. The van der Waals surface area contributed by atoms with Crippen molar-refractivity contribution in [2.45, 2.75) is 33.6 Å². The Morgan fingerprint density at radius 1 is 1.46 bits per heavy atom. The third-order valence-electron chi connectivity index (χ3n) is 1.90. The first kappa shape index (κ1) is 12.9. The molecule has 0 spiro atoms. The summed E-state index contributed by atoms with van der Waals surface area (Å²) >= 11 is 2.25. The van der Waals surface area contributed by atoms with Crippen LogP contribution in [0.15, 0.2) is 34.0 Å². The van der Waals surface area contributed by atoms with Crippen LogP contribution in [0.2, 0.25) is 0 Å². The molecule has 0 rings (SSSR count). The van der Waals surface area contributed by atoms with Gasteiger partial charge in [0.15, 0.2) is 0 Å². The van der Waals surface area contributed by atoms with E-state index in [9.17, 15) is 0 Å². The van der Waals surface area contributed by atoms with Crippen LogP contribution in [0, 0.1) is 5.92 Å². The topological polar surface area (TPSA) is 0 Å². The summed E-state index contributed by atoms with van der Waals surface area (Å²) in [5.41, 5.74) is 2.63. The van der Waals surface area contributed by atoms with Crippen LogP contribution in [-0.4, -0.2) is 0 Å². The van der Waals surface area contributed by atoms with E-state index >= 15 is 0 Å². The molecule has 0 aliphatic rings. The van der Waals surface area contributed by atoms with Crippen LogP contribution < -0.4 is 0 Å². The molecule has 1 heteroatoms. The van der Waals surface area contributed by atoms with Crippen molar-refractivity contribution in [3.63, 3.8) is 0 Å². The first-order chi connectivity index (χ1) is 6.06. The van der Waals surface area contributed by atoms with Crippen LogP contribution in [0.3, 0.4) is 0 Å². The molecule has 0 heterocycles. The lowest BCUT2D eigenvalue weighted by atomic mass is 10.0. The number of rotatable bonds is 5. The minimum Gasteiger partial charge on any atom is -0.100 e. The van der Waals surface area contributed by atoms with E-state index in [4.69, 9.17) is 0 Å². The van der Waals surface area contributed by atoms with Crippen molar-refractivity contribution in [2.75, 3.05) is 0 Å². The number of hydrogen-bond donors (Lipinski definition) is 0. The molecule has 0 aromatic heterocycles. The molecule has 0 nitrogen and oxygen atoms in total. The quantitative estimate of drug-likeness (QED) is 0.385. The van der Waals surface area contributed by atoms with Crippen molar-refractivity contribution >= 4 is 22.6 Å². The summed E-state index contributed by atoms with van der Waals surface area (Å²) < 4.78 is 2.05. The van der Waals surface area contributed by atoms with Crippen LogP contribution in [0.1, 0.15) is 33.6 Å². The molecule has 0 unspecified atom stereocenters. The van der Waals surface area contributed by atoms with E-state index < -0.39 is 0 Å². The standard InChI is InChI=1S/C12H19I/c1-10(2)5-6-11(3)9-12(4)7-8-13/h7-9,11H,1,5-6H2,2-4H3/b8-7+,12-9+/t11-/m0/s1. The second-order valence-corrected chi connectivity index (χ2v) is 4.40. The molecule has 0 aromatic carbocycles. The van der Waals surface area contributed by atoms with Crippen molar-refractivity contribution in [2.24, 2.45) is 5.92 Å². The zero-order valence-corrected chi connectivity index (χ0v) is 11.0. The van der Waals surface area contributed by atoms with Gasteiger partial charge in [0, 0.05) is 0 Å². The Bertz CT molecular complexity index is 211. The minimum atomic E-state index is 0.657. The summed E-state index contributed by atoms with van der Waals surface area (Å²) in [6.45, 7) is 10.4. The maximum atomic E-state index is 3.91. The molecule has 13 heavy (non-hydrogen) atoms. The van der Waals surface area contributed by atoms with Crippen molar-refractivity contribution in [1.29, 1.82) is 0 Å². The lowest BCUT2D eigenvalue weighted by molar-refractivity contribution is 0.642. The molecular formula is C12H19I. The summed E-state index contributed by atoms with van der Waals surface area (Å²) in [7, 11) is 0. The van der Waals surface area contributed by atoms with Gasteiger partial charge >= 0.3 is 0 Å². The van der Waals surface area contributed by atoms with Crippen LogP contribution >= 0.6 is 22.6 Å². The first-order valence-corrected chi connectivity index (χ1v) is 5.90. The fourth-order valence-electron chi connectivity index (χ4n) is 1.16. The van der Waals surface area contributed by atoms with Gasteiger partial charge in [-0.15, -0.1) is 6.58 Å². The third kappa shape index (κ3) is 8.28. The molecule has 0 N–H and O–H groups in total. The molecule has 0 aliphatic heterocycles. The molecule has 0 saturated carbocycles. The average molecular weight is 290 g/mol. The zero-order chi connectivity index (χ0) is 10.3. The Kier molecular flexibility index (Phi) is 7.33. The molecule has 0 radical (unpaired) electrons. The van der Waals surface area contributed by atoms with E-state index in [0.717, 1.165) is 6.42 Å². The SMILES string of the molecule is C=C(C)CC[C@H](C)/C=C(C)/C=C/I. The van der Waals surface area contributed by atoms with E-state index in [2.05, 4.69) is 66.2 Å². The van der Waals surface area contributed by atoms with Gasteiger partial charge in [-0.05, 0) is 36.7 Å². The Morgan fingerprint density at radius 3 is 2.54 bits per heavy atom. The fourth-order valence-corrected chi connectivity index (χ4v) is 1.73. The van der Waals surface area contributed by atoms with E-state index in [1.807, 2.05) is 0 Å². The van der Waals surface area contributed by atoms with Gasteiger partial charge in [0.1, 0.15) is 0 Å². The lowest BCUT2D eigenvalue weighted by Crippen LogP contribution is -1.91. The highest BCUT2D eigenvalue weighted by Gasteiger charge is 1.97. The van der Waals surface area contributed by atoms with Gasteiger partial charge in [0.2, 0.25) is 0 Å². The molecule has 0 fully saturated rings. The Labute approximate surface area is 95.9 Å². The van der Waals surface area contributed by atoms with E-state index in [1.165, 1.54) is 17.6 Å². The van der Waals surface area contributed by atoms with E-state index in [1.54, 1.807) is 0 Å². The Morgan fingerprint density at radius 2 is 2.08 bits per heavy atom. The molecule has 74 valence electrons. The minimum absolute atomic E-state index is 0.657. The maximum absolute atomic E-state index is 3.91. The first-order valence-electron chi connectivity index (χ1n) is 4.65. The van der Waals surface area contributed by atoms with Gasteiger partial charge in [-0.2, -0.15) is 0 Å². The molecule has 0 bridgehead atoms. The molecule has 0 amide bonds. The summed E-state index contributed by atoms with van der Waals surface area (Å²) in [4.78, 5) is 0. The number of halogens is 1. The summed E-state index contributed by atoms with van der Waals surface area (Å²) in [5.74, 6) is 0.657. The highest BCUT2D eigenvalue weighted by molar-refractivity contribution is 14.1. The second-order valence-electron chi connectivity index (χ2n) is 3.68. The molecule has 0 aliphatic carbocycles. The zero-order valence-electron chi connectivity index (χ0n) is 8.81. The van der Waals surface area contributed by atoms with E-state index in [0.29, 0.717) is 5.92 Å². The van der Waals surface area contributed by atoms with Crippen LogP contribution in [0.4, 0.5) is 0 Å². The number of hydrogen-bond acceptors (Lipinski definition) is 0. The summed E-state index contributed by atoms with van der Waals surface area (Å²) in [6.07, 6.45) is 6.80.